The van der Waals surface area contributed by atoms with Crippen LogP contribution in [0.5, 0.6) is 0 Å². The third-order valence-corrected chi connectivity index (χ3v) is 5.63. The number of esters is 1. The molecular weight excluding hydrogens is 362 g/mol. The predicted molar refractivity (Wildman–Crippen MR) is 103 cm³/mol. The SMILES string of the molecule is CCC(CC)NC(=O)COC(=O)CN1C(=O)NC2(CC(C)CC(C)(C)C2)C1=O. The first-order valence-electron chi connectivity index (χ1n) is 10.1. The minimum absolute atomic E-state index is 0.0358. The molecule has 2 fully saturated rings. The van der Waals surface area contributed by atoms with Crippen molar-refractivity contribution in [3.63, 3.8) is 0 Å². The Labute approximate surface area is 166 Å². The molecule has 2 rings (SSSR count). The Kier molecular flexibility index (Phi) is 6.72. The van der Waals surface area contributed by atoms with E-state index in [9.17, 15) is 19.2 Å². The molecule has 1 saturated carbocycles. The highest BCUT2D eigenvalue weighted by molar-refractivity contribution is 6.08. The van der Waals surface area contributed by atoms with E-state index in [1.54, 1.807) is 0 Å². The molecule has 1 heterocycles. The second kappa shape index (κ2) is 8.49. The van der Waals surface area contributed by atoms with Gasteiger partial charge in [-0.3, -0.25) is 19.3 Å². The normalized spacial score (nSPS) is 26.5. The Morgan fingerprint density at radius 1 is 1.25 bits per heavy atom. The van der Waals surface area contributed by atoms with Crippen LogP contribution in [0.1, 0.15) is 66.7 Å². The molecule has 4 amide bonds. The van der Waals surface area contributed by atoms with Crippen LogP contribution in [-0.4, -0.2) is 53.4 Å². The van der Waals surface area contributed by atoms with Crippen molar-refractivity contribution in [1.29, 1.82) is 0 Å². The summed E-state index contributed by atoms with van der Waals surface area (Å²) >= 11 is 0. The molecule has 1 spiro atoms. The monoisotopic (exact) mass is 395 g/mol. The molecule has 0 aromatic carbocycles. The van der Waals surface area contributed by atoms with Crippen LogP contribution in [0, 0.1) is 11.3 Å². The fourth-order valence-corrected chi connectivity index (χ4v) is 4.73. The van der Waals surface area contributed by atoms with E-state index in [1.165, 1.54) is 0 Å². The van der Waals surface area contributed by atoms with Crippen molar-refractivity contribution in [1.82, 2.24) is 15.5 Å². The molecule has 2 unspecified atom stereocenters. The van der Waals surface area contributed by atoms with Crippen molar-refractivity contribution in [2.45, 2.75) is 78.3 Å². The van der Waals surface area contributed by atoms with Crippen molar-refractivity contribution >= 4 is 23.8 Å². The maximum absolute atomic E-state index is 13.0. The number of rotatable bonds is 7. The number of nitrogens with one attached hydrogen (secondary N) is 2. The van der Waals surface area contributed by atoms with Crippen LogP contribution in [0.4, 0.5) is 4.79 Å². The maximum atomic E-state index is 13.0. The first-order valence-corrected chi connectivity index (χ1v) is 10.1. The number of imide groups is 1. The van der Waals surface area contributed by atoms with Crippen molar-refractivity contribution in [2.75, 3.05) is 13.2 Å². The lowest BCUT2D eigenvalue weighted by Gasteiger charge is -2.43. The standard InChI is InChI=1S/C20H33N3O5/c1-6-14(7-2)21-15(24)11-28-16(25)10-23-17(26)20(22-18(23)27)9-13(3)8-19(4,5)12-20/h13-14H,6-12H2,1-5H3,(H,21,24)(H,22,27). The van der Waals surface area contributed by atoms with Crippen LogP contribution in [0.25, 0.3) is 0 Å². The van der Waals surface area contributed by atoms with Gasteiger partial charge in [0.05, 0.1) is 0 Å². The van der Waals surface area contributed by atoms with Gasteiger partial charge in [0.2, 0.25) is 0 Å². The van der Waals surface area contributed by atoms with Gasteiger partial charge in [0.1, 0.15) is 12.1 Å². The molecule has 0 bridgehead atoms. The summed E-state index contributed by atoms with van der Waals surface area (Å²) in [6.07, 6.45) is 3.65. The third kappa shape index (κ3) is 5.02. The highest BCUT2D eigenvalue weighted by Gasteiger charge is 2.56. The summed E-state index contributed by atoms with van der Waals surface area (Å²) in [7, 11) is 0. The number of nitrogens with zero attached hydrogens (tertiary/aromatic N) is 1. The van der Waals surface area contributed by atoms with Gasteiger partial charge in [0.25, 0.3) is 11.8 Å². The third-order valence-electron chi connectivity index (χ3n) is 5.63. The van der Waals surface area contributed by atoms with Crippen LogP contribution in [0.15, 0.2) is 0 Å². The summed E-state index contributed by atoms with van der Waals surface area (Å²) in [4.78, 5) is 50.2. The number of urea groups is 1. The number of ether oxygens (including phenoxy) is 1. The second-order valence-corrected chi connectivity index (χ2v) is 9.00. The van der Waals surface area contributed by atoms with Gasteiger partial charge in [0.15, 0.2) is 6.61 Å². The minimum atomic E-state index is -0.953. The Balaban J connectivity index is 1.93. The molecule has 2 N–H and O–H groups in total. The van der Waals surface area contributed by atoms with Crippen LogP contribution in [0.3, 0.4) is 0 Å². The van der Waals surface area contributed by atoms with E-state index in [0.717, 1.165) is 24.2 Å². The van der Waals surface area contributed by atoms with Gasteiger partial charge < -0.3 is 15.4 Å². The zero-order chi connectivity index (χ0) is 21.1. The molecule has 0 aromatic heterocycles. The minimum Gasteiger partial charge on any atom is -0.454 e. The summed E-state index contributed by atoms with van der Waals surface area (Å²) < 4.78 is 4.97. The topological polar surface area (TPSA) is 105 Å². The highest BCUT2D eigenvalue weighted by atomic mass is 16.5. The summed E-state index contributed by atoms with van der Waals surface area (Å²) in [6, 6.07) is -0.540. The first-order chi connectivity index (χ1) is 13.0. The first kappa shape index (κ1) is 22.2. The predicted octanol–water partition coefficient (Wildman–Crippen LogP) is 1.97. The molecule has 158 valence electrons. The van der Waals surface area contributed by atoms with Crippen molar-refractivity contribution in [2.24, 2.45) is 11.3 Å². The Morgan fingerprint density at radius 2 is 1.89 bits per heavy atom. The number of hydrogen-bond acceptors (Lipinski definition) is 5. The zero-order valence-corrected chi connectivity index (χ0v) is 17.6. The van der Waals surface area contributed by atoms with Crippen molar-refractivity contribution in [3.8, 4) is 0 Å². The molecule has 8 heteroatoms. The Bertz CT molecular complexity index is 644. The fourth-order valence-electron chi connectivity index (χ4n) is 4.73. The lowest BCUT2D eigenvalue weighted by Crippen LogP contribution is -2.54. The maximum Gasteiger partial charge on any atom is 0.326 e. The zero-order valence-electron chi connectivity index (χ0n) is 17.6. The van der Waals surface area contributed by atoms with Gasteiger partial charge in [-0.15, -0.1) is 0 Å². The average molecular weight is 396 g/mol. The molecule has 0 radical (unpaired) electrons. The van der Waals surface area contributed by atoms with Crippen LogP contribution >= 0.6 is 0 Å². The van der Waals surface area contributed by atoms with E-state index in [-0.39, 0.29) is 23.3 Å². The van der Waals surface area contributed by atoms with E-state index in [2.05, 4.69) is 31.4 Å². The number of carbonyl (C=O) groups excluding carboxylic acids is 4. The highest BCUT2D eigenvalue weighted by Crippen LogP contribution is 2.46. The molecular formula is C20H33N3O5. The van der Waals surface area contributed by atoms with Crippen molar-refractivity contribution in [3.05, 3.63) is 0 Å². The molecule has 1 aliphatic carbocycles. The van der Waals surface area contributed by atoms with E-state index in [0.29, 0.717) is 12.8 Å². The summed E-state index contributed by atoms with van der Waals surface area (Å²) in [5.41, 5.74) is -1.03. The second-order valence-electron chi connectivity index (χ2n) is 9.00. The molecule has 0 aromatic rings. The largest absolute Gasteiger partial charge is 0.454 e. The lowest BCUT2D eigenvalue weighted by atomic mass is 9.64. The molecule has 2 aliphatic rings. The quantitative estimate of drug-likeness (QED) is 0.506. The van der Waals surface area contributed by atoms with E-state index < -0.39 is 36.6 Å². The fraction of sp³-hybridized carbons (Fsp3) is 0.800. The van der Waals surface area contributed by atoms with Gasteiger partial charge in [-0.05, 0) is 43.4 Å². The smallest absolute Gasteiger partial charge is 0.326 e. The van der Waals surface area contributed by atoms with Crippen molar-refractivity contribution < 1.29 is 23.9 Å². The van der Waals surface area contributed by atoms with Crippen LogP contribution in [0.2, 0.25) is 0 Å². The Morgan fingerprint density at radius 3 is 2.46 bits per heavy atom. The van der Waals surface area contributed by atoms with E-state index in [4.69, 9.17) is 4.74 Å². The van der Waals surface area contributed by atoms with Crippen LogP contribution < -0.4 is 10.6 Å². The summed E-state index contributed by atoms with van der Waals surface area (Å²) in [5, 5.41) is 5.58. The molecule has 8 nitrogen and oxygen atoms in total. The number of hydrogen-bond donors (Lipinski definition) is 2. The van der Waals surface area contributed by atoms with Gasteiger partial charge in [-0.25, -0.2) is 4.79 Å². The van der Waals surface area contributed by atoms with Gasteiger partial charge in [0, 0.05) is 6.04 Å². The average Bonchev–Trinajstić information content (AvgIpc) is 2.79. The van der Waals surface area contributed by atoms with Gasteiger partial charge >= 0.3 is 12.0 Å². The number of carbonyl (C=O) groups is 4. The molecule has 1 saturated heterocycles. The van der Waals surface area contributed by atoms with E-state index >= 15 is 0 Å². The summed E-state index contributed by atoms with van der Waals surface area (Å²) in [6.45, 7) is 9.24. The van der Waals surface area contributed by atoms with E-state index in [1.807, 2.05) is 13.8 Å². The number of amides is 4. The van der Waals surface area contributed by atoms with Gasteiger partial charge in [-0.2, -0.15) is 0 Å². The molecule has 2 atom stereocenters. The Hall–Kier alpha value is -2.12. The van der Waals surface area contributed by atoms with Crippen LogP contribution in [-0.2, 0) is 19.1 Å². The molecule has 1 aliphatic heterocycles. The van der Waals surface area contributed by atoms with Gasteiger partial charge in [-0.1, -0.05) is 34.6 Å². The summed E-state index contributed by atoms with van der Waals surface area (Å²) in [5.74, 6) is -1.26. The lowest BCUT2D eigenvalue weighted by molar-refractivity contribution is -0.151. The molecule has 28 heavy (non-hydrogen) atoms.